The van der Waals surface area contributed by atoms with E-state index >= 15 is 0 Å². The van der Waals surface area contributed by atoms with Gasteiger partial charge in [0.2, 0.25) is 10.0 Å². The number of ether oxygens (including phenoxy) is 1. The molecule has 1 atom stereocenters. The second-order valence-corrected chi connectivity index (χ2v) is 8.73. The summed E-state index contributed by atoms with van der Waals surface area (Å²) in [5, 5.41) is 8.64. The fourth-order valence-corrected chi connectivity index (χ4v) is 3.66. The quantitative estimate of drug-likeness (QED) is 0.514. The van der Waals surface area contributed by atoms with Crippen LogP contribution >= 0.6 is 0 Å². The monoisotopic (exact) mass is 444 g/mol. The second kappa shape index (κ2) is 9.32. The van der Waals surface area contributed by atoms with Crippen LogP contribution in [0.5, 0.6) is 5.75 Å². The number of carbonyl (C=O) groups excluding carboxylic acids is 1. The maximum Gasteiger partial charge on any atom is 0.336 e. The Morgan fingerprint density at radius 1 is 1.16 bits per heavy atom. The molecule has 3 rings (SSSR count). The van der Waals surface area contributed by atoms with Crippen LogP contribution in [0, 0.1) is 0 Å². The van der Waals surface area contributed by atoms with Crippen molar-refractivity contribution in [1.82, 2.24) is 5.32 Å². The molecule has 0 fully saturated rings. The van der Waals surface area contributed by atoms with E-state index in [2.05, 4.69) is 5.32 Å². The minimum Gasteiger partial charge on any atom is -0.481 e. The van der Waals surface area contributed by atoms with Gasteiger partial charge in [-0.15, -0.1) is 0 Å². The van der Waals surface area contributed by atoms with E-state index in [1.807, 2.05) is 13.0 Å². The van der Waals surface area contributed by atoms with Crippen LogP contribution in [0.2, 0.25) is 0 Å². The van der Waals surface area contributed by atoms with Crippen molar-refractivity contribution < 1.29 is 22.4 Å². The molecule has 0 aliphatic carbocycles. The van der Waals surface area contributed by atoms with E-state index < -0.39 is 21.8 Å². The highest BCUT2D eigenvalue weighted by atomic mass is 32.2. The molecular weight excluding hydrogens is 420 g/mol. The Kier molecular flexibility index (Phi) is 6.77. The number of amides is 1. The number of rotatable bonds is 8. The van der Waals surface area contributed by atoms with Gasteiger partial charge in [0.1, 0.15) is 11.3 Å². The van der Waals surface area contributed by atoms with E-state index in [9.17, 15) is 18.0 Å². The summed E-state index contributed by atoms with van der Waals surface area (Å²) in [5.41, 5.74) is 1.62. The molecule has 8 nitrogen and oxygen atoms in total. The fourth-order valence-electron chi connectivity index (χ4n) is 3.15. The van der Waals surface area contributed by atoms with Gasteiger partial charge in [-0.3, -0.25) is 4.79 Å². The van der Waals surface area contributed by atoms with Crippen molar-refractivity contribution in [3.63, 3.8) is 0 Å². The van der Waals surface area contributed by atoms with Crippen LogP contribution in [0.4, 0.5) is 0 Å². The molecule has 1 aromatic heterocycles. The summed E-state index contributed by atoms with van der Waals surface area (Å²) < 4.78 is 33.6. The molecule has 0 spiro atoms. The first kappa shape index (κ1) is 22.5. The molecule has 164 valence electrons. The van der Waals surface area contributed by atoms with E-state index in [4.69, 9.17) is 14.3 Å². The van der Waals surface area contributed by atoms with Crippen LogP contribution in [-0.4, -0.2) is 20.4 Å². The lowest BCUT2D eigenvalue weighted by Crippen LogP contribution is -2.35. The van der Waals surface area contributed by atoms with Crippen molar-refractivity contribution in [2.24, 2.45) is 5.14 Å². The average molecular weight is 445 g/mol. The molecule has 1 amide bonds. The van der Waals surface area contributed by atoms with Gasteiger partial charge >= 0.3 is 5.63 Å². The molecular formula is C22H24N2O6S. The third-order valence-electron chi connectivity index (χ3n) is 4.72. The summed E-state index contributed by atoms with van der Waals surface area (Å²) >= 11 is 0. The lowest BCUT2D eigenvalue weighted by molar-refractivity contribution is -0.127. The Labute approximate surface area is 180 Å². The number of sulfonamides is 1. The lowest BCUT2D eigenvalue weighted by atomic mass is 10.1. The van der Waals surface area contributed by atoms with Crippen LogP contribution in [-0.2, 0) is 27.8 Å². The van der Waals surface area contributed by atoms with Gasteiger partial charge in [-0.25, -0.2) is 18.4 Å². The van der Waals surface area contributed by atoms with Crippen LogP contribution < -0.4 is 20.8 Å². The molecule has 0 saturated carbocycles. The number of fused-ring (bicyclic) bond motifs is 1. The molecule has 9 heteroatoms. The number of nitrogens with two attached hydrogens (primary N) is 1. The molecule has 3 aromatic rings. The summed E-state index contributed by atoms with van der Waals surface area (Å²) in [4.78, 5) is 24.2. The van der Waals surface area contributed by atoms with Crippen molar-refractivity contribution in [3.8, 4) is 5.75 Å². The van der Waals surface area contributed by atoms with Crippen LogP contribution in [0.15, 0.2) is 62.6 Å². The molecule has 31 heavy (non-hydrogen) atoms. The zero-order valence-corrected chi connectivity index (χ0v) is 18.1. The molecule has 2 aromatic carbocycles. The Morgan fingerprint density at radius 2 is 1.87 bits per heavy atom. The van der Waals surface area contributed by atoms with E-state index in [-0.39, 0.29) is 17.3 Å². The Balaban J connectivity index is 1.65. The molecule has 0 unspecified atom stereocenters. The smallest absolute Gasteiger partial charge is 0.336 e. The first-order chi connectivity index (χ1) is 14.7. The van der Waals surface area contributed by atoms with Gasteiger partial charge in [0.15, 0.2) is 6.10 Å². The van der Waals surface area contributed by atoms with Crippen molar-refractivity contribution in [2.45, 2.75) is 44.2 Å². The number of benzene rings is 2. The minimum atomic E-state index is -3.76. The number of hydrogen-bond acceptors (Lipinski definition) is 6. The predicted molar refractivity (Wildman–Crippen MR) is 116 cm³/mol. The predicted octanol–water partition coefficient (Wildman–Crippen LogP) is 2.48. The van der Waals surface area contributed by atoms with Crippen LogP contribution in [0.3, 0.4) is 0 Å². The molecule has 0 radical (unpaired) electrons. The molecule has 3 N–H and O–H groups in total. The van der Waals surface area contributed by atoms with Crippen molar-refractivity contribution >= 4 is 26.9 Å². The summed E-state index contributed by atoms with van der Waals surface area (Å²) in [5.74, 6) is 0.0567. The van der Waals surface area contributed by atoms with Gasteiger partial charge in [0.25, 0.3) is 5.91 Å². The number of carbonyl (C=O) groups is 1. The van der Waals surface area contributed by atoms with Gasteiger partial charge < -0.3 is 14.5 Å². The second-order valence-electron chi connectivity index (χ2n) is 7.17. The first-order valence-electron chi connectivity index (χ1n) is 9.80. The lowest BCUT2D eigenvalue weighted by Gasteiger charge is -2.15. The van der Waals surface area contributed by atoms with Gasteiger partial charge in [-0.1, -0.05) is 25.5 Å². The van der Waals surface area contributed by atoms with Gasteiger partial charge in [-0.2, -0.15) is 0 Å². The third-order valence-corrected chi connectivity index (χ3v) is 5.65. The minimum absolute atomic E-state index is 0.00401. The number of aryl methyl sites for hydroxylation is 1. The SMILES string of the molecule is CCCc1cc(=O)oc2cc(O[C@H](C)C(=O)NCc3ccc(S(N)(=O)=O)cc3)ccc12. The molecule has 1 heterocycles. The maximum atomic E-state index is 12.4. The fraction of sp³-hybridized carbons (Fsp3) is 0.273. The molecule has 0 aliphatic heterocycles. The van der Waals surface area contributed by atoms with E-state index in [1.54, 1.807) is 31.2 Å². The van der Waals surface area contributed by atoms with Crippen molar-refractivity contribution in [3.05, 3.63) is 70.1 Å². The normalized spacial score (nSPS) is 12.5. The molecule has 0 saturated heterocycles. The van der Waals surface area contributed by atoms with E-state index in [1.165, 1.54) is 18.2 Å². The number of primary sulfonamides is 1. The average Bonchev–Trinajstić information content (AvgIpc) is 2.71. The standard InChI is InChI=1S/C22H24N2O6S/c1-3-4-16-11-21(25)30-20-12-17(7-10-19(16)20)29-14(2)22(26)24-13-15-5-8-18(9-6-15)31(23,27)28/h5-12,14H,3-4,13H2,1-2H3,(H,24,26)(H2,23,27,28)/t14-/m1/s1. The van der Waals surface area contributed by atoms with Crippen molar-refractivity contribution in [1.29, 1.82) is 0 Å². The van der Waals surface area contributed by atoms with Crippen molar-refractivity contribution in [2.75, 3.05) is 0 Å². The summed E-state index contributed by atoms with van der Waals surface area (Å²) in [6.07, 6.45) is 0.865. The summed E-state index contributed by atoms with van der Waals surface area (Å²) in [7, 11) is -3.76. The summed E-state index contributed by atoms with van der Waals surface area (Å²) in [6, 6.07) is 12.6. The van der Waals surface area contributed by atoms with Gasteiger partial charge in [0, 0.05) is 24.1 Å². The third kappa shape index (κ3) is 5.71. The van der Waals surface area contributed by atoms with Crippen LogP contribution in [0.25, 0.3) is 11.0 Å². The maximum absolute atomic E-state index is 12.4. The Morgan fingerprint density at radius 3 is 2.52 bits per heavy atom. The van der Waals surface area contributed by atoms with Gasteiger partial charge in [0.05, 0.1) is 4.90 Å². The largest absolute Gasteiger partial charge is 0.481 e. The highest BCUT2D eigenvalue weighted by molar-refractivity contribution is 7.89. The summed E-state index contributed by atoms with van der Waals surface area (Å²) in [6.45, 7) is 3.84. The van der Waals surface area contributed by atoms with Gasteiger partial charge in [-0.05, 0) is 48.7 Å². The molecule has 0 bridgehead atoms. The van der Waals surface area contributed by atoms with E-state index in [0.717, 1.165) is 23.8 Å². The van der Waals surface area contributed by atoms with Crippen LogP contribution in [0.1, 0.15) is 31.4 Å². The van der Waals surface area contributed by atoms with E-state index in [0.29, 0.717) is 16.9 Å². The highest BCUT2D eigenvalue weighted by Gasteiger charge is 2.16. The Bertz CT molecular complexity index is 1250. The Hall–Kier alpha value is -3.17. The molecule has 0 aliphatic rings. The first-order valence-corrected chi connectivity index (χ1v) is 11.3. The zero-order chi connectivity index (χ0) is 22.6. The zero-order valence-electron chi connectivity index (χ0n) is 17.3. The number of hydrogen-bond donors (Lipinski definition) is 2. The topological polar surface area (TPSA) is 129 Å². The number of nitrogens with one attached hydrogen (secondary N) is 1. The highest BCUT2D eigenvalue weighted by Crippen LogP contribution is 2.24.